The number of nitro groups is 1. The number of carbonyl (C=O) groups is 2. The Morgan fingerprint density at radius 2 is 1.96 bits per heavy atom. The summed E-state index contributed by atoms with van der Waals surface area (Å²) in [5.74, 6) is -2.62. The number of carbonyl (C=O) groups excluding carboxylic acids is 2. The number of phenols is 1. The molecule has 0 radical (unpaired) electrons. The zero-order chi connectivity index (χ0) is 19.1. The summed E-state index contributed by atoms with van der Waals surface area (Å²) < 4.78 is 13.4. The third-order valence-electron chi connectivity index (χ3n) is 3.07. The van der Waals surface area contributed by atoms with E-state index in [4.69, 9.17) is 0 Å². The third-order valence-corrected chi connectivity index (χ3v) is 3.07. The maximum absolute atomic E-state index is 13.4. The van der Waals surface area contributed by atoms with Crippen LogP contribution in [0.4, 0.5) is 15.8 Å². The monoisotopic (exact) mass is 360 g/mol. The predicted molar refractivity (Wildman–Crippen MR) is 90.1 cm³/mol. The minimum absolute atomic E-state index is 0.0507. The maximum atomic E-state index is 13.4. The van der Waals surface area contributed by atoms with Crippen molar-refractivity contribution in [1.29, 1.82) is 0 Å². The van der Waals surface area contributed by atoms with Crippen LogP contribution in [0.25, 0.3) is 0 Å². The normalized spacial score (nSPS) is 10.5. The van der Waals surface area contributed by atoms with Crippen LogP contribution < -0.4 is 10.7 Å². The van der Waals surface area contributed by atoms with Gasteiger partial charge in [0.2, 0.25) is 11.8 Å². The summed E-state index contributed by atoms with van der Waals surface area (Å²) in [7, 11) is 0. The van der Waals surface area contributed by atoms with Crippen molar-refractivity contribution in [3.05, 3.63) is 64.0 Å². The SMILES string of the molecule is O=C(CC(=O)Nc1ccccc1F)N/N=C/c1ccc(O)c([N+](=O)[O-])c1. The summed E-state index contributed by atoms with van der Waals surface area (Å²) in [5, 5.41) is 25.9. The molecular formula is C16H13FN4O5. The van der Waals surface area contributed by atoms with E-state index in [0.29, 0.717) is 0 Å². The molecule has 0 aliphatic carbocycles. The number of hydrogen-bond donors (Lipinski definition) is 3. The Balaban J connectivity index is 1.89. The molecule has 2 aromatic rings. The Labute approximate surface area is 146 Å². The molecule has 10 heteroatoms. The molecule has 0 unspecified atom stereocenters. The Morgan fingerprint density at radius 3 is 2.65 bits per heavy atom. The molecule has 0 heterocycles. The third kappa shape index (κ3) is 5.09. The number of amides is 2. The minimum atomic E-state index is -0.766. The molecule has 0 aliphatic rings. The lowest BCUT2D eigenvalue weighted by atomic mass is 10.2. The summed E-state index contributed by atoms with van der Waals surface area (Å²) in [5.41, 5.74) is 1.76. The van der Waals surface area contributed by atoms with Gasteiger partial charge < -0.3 is 10.4 Å². The number of halogens is 1. The predicted octanol–water partition coefficient (Wildman–Crippen LogP) is 1.92. The van der Waals surface area contributed by atoms with Crippen LogP contribution in [0.2, 0.25) is 0 Å². The van der Waals surface area contributed by atoms with E-state index in [1.54, 1.807) is 0 Å². The highest BCUT2D eigenvalue weighted by molar-refractivity contribution is 6.03. The molecule has 9 nitrogen and oxygen atoms in total. The van der Waals surface area contributed by atoms with Crippen LogP contribution in [0.3, 0.4) is 0 Å². The fourth-order valence-electron chi connectivity index (χ4n) is 1.89. The van der Waals surface area contributed by atoms with Crippen LogP contribution in [0.5, 0.6) is 5.75 Å². The van der Waals surface area contributed by atoms with Gasteiger partial charge in [-0.05, 0) is 24.3 Å². The number of nitrogens with one attached hydrogen (secondary N) is 2. The highest BCUT2D eigenvalue weighted by atomic mass is 19.1. The fraction of sp³-hybridized carbons (Fsp3) is 0.0625. The van der Waals surface area contributed by atoms with Gasteiger partial charge in [0.1, 0.15) is 12.2 Å². The lowest BCUT2D eigenvalue weighted by molar-refractivity contribution is -0.385. The zero-order valence-corrected chi connectivity index (χ0v) is 13.2. The van der Waals surface area contributed by atoms with Gasteiger partial charge in [-0.3, -0.25) is 19.7 Å². The smallest absolute Gasteiger partial charge is 0.311 e. The number of aromatic hydroxyl groups is 1. The van der Waals surface area contributed by atoms with Crippen molar-refractivity contribution >= 4 is 29.4 Å². The number of rotatable bonds is 6. The van der Waals surface area contributed by atoms with Crippen molar-refractivity contribution < 1.29 is 24.0 Å². The van der Waals surface area contributed by atoms with Gasteiger partial charge in [0.25, 0.3) is 0 Å². The molecule has 3 N–H and O–H groups in total. The van der Waals surface area contributed by atoms with Crippen LogP contribution in [0, 0.1) is 15.9 Å². The maximum Gasteiger partial charge on any atom is 0.311 e. The topological polar surface area (TPSA) is 134 Å². The molecule has 0 saturated carbocycles. The summed E-state index contributed by atoms with van der Waals surface area (Å²) in [4.78, 5) is 33.2. The highest BCUT2D eigenvalue weighted by Crippen LogP contribution is 2.25. The first-order valence-electron chi connectivity index (χ1n) is 7.20. The molecule has 0 fully saturated rings. The molecule has 0 aromatic heterocycles. The molecule has 0 saturated heterocycles. The Kier molecular flexibility index (Phi) is 5.93. The van der Waals surface area contributed by atoms with E-state index in [2.05, 4.69) is 15.8 Å². The molecule has 2 amide bonds. The number of nitrogens with zero attached hydrogens (tertiary/aromatic N) is 2. The van der Waals surface area contributed by atoms with Gasteiger partial charge in [0.05, 0.1) is 16.8 Å². The van der Waals surface area contributed by atoms with E-state index < -0.39 is 40.4 Å². The minimum Gasteiger partial charge on any atom is -0.502 e. The van der Waals surface area contributed by atoms with Crippen LogP contribution >= 0.6 is 0 Å². The van der Waals surface area contributed by atoms with Crippen molar-refractivity contribution in [2.24, 2.45) is 5.10 Å². The van der Waals surface area contributed by atoms with Crippen molar-refractivity contribution in [3.63, 3.8) is 0 Å². The molecule has 26 heavy (non-hydrogen) atoms. The molecule has 0 bridgehead atoms. The summed E-state index contributed by atoms with van der Waals surface area (Å²) in [6.45, 7) is 0. The van der Waals surface area contributed by atoms with Gasteiger partial charge in [-0.2, -0.15) is 5.10 Å². The molecule has 2 aromatic carbocycles. The second-order valence-electron chi connectivity index (χ2n) is 5.00. The number of hydrazone groups is 1. The fourth-order valence-corrected chi connectivity index (χ4v) is 1.89. The quantitative estimate of drug-likeness (QED) is 0.313. The first-order chi connectivity index (χ1) is 12.4. The van der Waals surface area contributed by atoms with Crippen molar-refractivity contribution in [2.45, 2.75) is 6.42 Å². The summed E-state index contributed by atoms with van der Waals surface area (Å²) in [6.07, 6.45) is 0.514. The number of phenolic OH excluding ortho intramolecular Hbond substituents is 1. The van der Waals surface area contributed by atoms with Crippen LogP contribution in [-0.2, 0) is 9.59 Å². The van der Waals surface area contributed by atoms with Gasteiger partial charge in [0, 0.05) is 11.6 Å². The first-order valence-corrected chi connectivity index (χ1v) is 7.20. The Hall–Kier alpha value is -3.82. The van der Waals surface area contributed by atoms with Gasteiger partial charge in [0.15, 0.2) is 5.75 Å². The first kappa shape index (κ1) is 18.5. The van der Waals surface area contributed by atoms with E-state index in [1.807, 2.05) is 0 Å². The number of nitro benzene ring substituents is 1. The number of benzene rings is 2. The molecule has 0 spiro atoms. The molecule has 2 rings (SSSR count). The molecular weight excluding hydrogens is 347 g/mol. The van der Waals surface area contributed by atoms with E-state index in [1.165, 1.54) is 24.3 Å². The van der Waals surface area contributed by atoms with Crippen molar-refractivity contribution in [3.8, 4) is 5.75 Å². The summed E-state index contributed by atoms with van der Waals surface area (Å²) in [6, 6.07) is 9.03. The number of anilines is 1. The number of hydrogen-bond acceptors (Lipinski definition) is 6. The molecule has 0 atom stereocenters. The van der Waals surface area contributed by atoms with Gasteiger partial charge in [-0.15, -0.1) is 0 Å². The van der Waals surface area contributed by atoms with Crippen molar-refractivity contribution in [2.75, 3.05) is 5.32 Å². The number of para-hydroxylation sites is 1. The molecule has 0 aliphatic heterocycles. The van der Waals surface area contributed by atoms with E-state index in [9.17, 15) is 29.2 Å². The van der Waals surface area contributed by atoms with Crippen LogP contribution in [-0.4, -0.2) is 28.1 Å². The highest BCUT2D eigenvalue weighted by Gasteiger charge is 2.13. The Morgan fingerprint density at radius 1 is 1.23 bits per heavy atom. The standard InChI is InChI=1S/C16H13FN4O5/c17-11-3-1-2-4-12(11)19-15(23)8-16(24)20-18-9-10-5-6-14(22)13(7-10)21(25)26/h1-7,9,22H,8H2,(H,19,23)(H,20,24)/b18-9+. The second kappa shape index (κ2) is 8.33. The van der Waals surface area contributed by atoms with Gasteiger partial charge in [-0.25, -0.2) is 9.82 Å². The van der Waals surface area contributed by atoms with Gasteiger partial charge >= 0.3 is 5.69 Å². The largest absolute Gasteiger partial charge is 0.502 e. The van der Waals surface area contributed by atoms with Gasteiger partial charge in [-0.1, -0.05) is 12.1 Å². The second-order valence-corrected chi connectivity index (χ2v) is 5.00. The summed E-state index contributed by atoms with van der Waals surface area (Å²) >= 11 is 0. The van der Waals surface area contributed by atoms with E-state index in [0.717, 1.165) is 24.4 Å². The Bertz CT molecular complexity index is 885. The van der Waals surface area contributed by atoms with Crippen LogP contribution in [0.1, 0.15) is 12.0 Å². The van der Waals surface area contributed by atoms with Crippen LogP contribution in [0.15, 0.2) is 47.6 Å². The lowest BCUT2D eigenvalue weighted by Crippen LogP contribution is -2.24. The van der Waals surface area contributed by atoms with E-state index >= 15 is 0 Å². The van der Waals surface area contributed by atoms with Crippen molar-refractivity contribution in [1.82, 2.24) is 5.43 Å². The average molecular weight is 360 g/mol. The zero-order valence-electron chi connectivity index (χ0n) is 13.2. The lowest BCUT2D eigenvalue weighted by Gasteiger charge is -2.05. The van der Waals surface area contributed by atoms with E-state index in [-0.39, 0.29) is 11.3 Å². The molecule has 134 valence electrons. The average Bonchev–Trinajstić information content (AvgIpc) is 2.58.